The fraction of sp³-hybridized carbons (Fsp3) is 0.125. The van der Waals surface area contributed by atoms with Gasteiger partial charge < -0.3 is 4.42 Å². The van der Waals surface area contributed by atoms with Gasteiger partial charge in [0.2, 0.25) is 0 Å². The lowest BCUT2D eigenvalue weighted by atomic mass is 10.2. The Bertz CT molecular complexity index is 541. The van der Waals surface area contributed by atoms with E-state index in [0.717, 1.165) is 12.1 Å². The minimum atomic E-state index is -4.45. The molecule has 16 heavy (non-hydrogen) atoms. The molecule has 0 aliphatic carbocycles. The van der Waals surface area contributed by atoms with Crippen LogP contribution in [0.1, 0.15) is 5.56 Å². The molecule has 2 heterocycles. The summed E-state index contributed by atoms with van der Waals surface area (Å²) in [7, 11) is 0. The first-order chi connectivity index (χ1) is 7.47. The molecule has 84 valence electrons. The molecular formula is C8H4F3N3O2. The summed E-state index contributed by atoms with van der Waals surface area (Å²) >= 11 is 0. The van der Waals surface area contributed by atoms with Crippen molar-refractivity contribution >= 4 is 0 Å². The van der Waals surface area contributed by atoms with Crippen molar-refractivity contribution in [3.63, 3.8) is 0 Å². The van der Waals surface area contributed by atoms with Gasteiger partial charge >= 0.3 is 11.9 Å². The second-order valence-corrected chi connectivity index (χ2v) is 2.85. The van der Waals surface area contributed by atoms with E-state index in [1.54, 1.807) is 0 Å². The molecule has 1 N–H and O–H groups in total. The smallest absolute Gasteiger partial charge is 0.386 e. The summed E-state index contributed by atoms with van der Waals surface area (Å²) in [4.78, 5) is 14.1. The van der Waals surface area contributed by atoms with Gasteiger partial charge in [-0.05, 0) is 12.1 Å². The molecule has 0 fully saturated rings. The molecule has 2 aromatic heterocycles. The molecule has 0 atom stereocenters. The Kier molecular flexibility index (Phi) is 2.26. The summed E-state index contributed by atoms with van der Waals surface area (Å²) in [6.45, 7) is 0. The van der Waals surface area contributed by atoms with Gasteiger partial charge in [0.25, 0.3) is 5.89 Å². The van der Waals surface area contributed by atoms with Crippen LogP contribution in [-0.4, -0.2) is 15.2 Å². The Hall–Kier alpha value is -2.12. The normalized spacial score (nSPS) is 11.7. The molecular weight excluding hydrogens is 227 g/mol. The molecule has 0 aliphatic rings. The molecule has 0 spiro atoms. The minimum Gasteiger partial charge on any atom is -0.386 e. The van der Waals surface area contributed by atoms with Crippen molar-refractivity contribution in [1.29, 1.82) is 0 Å². The minimum absolute atomic E-state index is 0.0475. The number of rotatable bonds is 1. The van der Waals surface area contributed by atoms with Crippen LogP contribution < -0.4 is 5.76 Å². The zero-order valence-corrected chi connectivity index (χ0v) is 7.58. The number of pyridine rings is 1. The van der Waals surface area contributed by atoms with E-state index in [2.05, 4.69) is 14.5 Å². The average molecular weight is 231 g/mol. The van der Waals surface area contributed by atoms with Crippen molar-refractivity contribution in [2.75, 3.05) is 0 Å². The van der Waals surface area contributed by atoms with Crippen LogP contribution in [0.25, 0.3) is 11.6 Å². The van der Waals surface area contributed by atoms with Crippen LogP contribution in [0.4, 0.5) is 13.2 Å². The highest BCUT2D eigenvalue weighted by Crippen LogP contribution is 2.29. The van der Waals surface area contributed by atoms with Crippen molar-refractivity contribution in [2.24, 2.45) is 0 Å². The van der Waals surface area contributed by atoms with Crippen LogP contribution in [0.3, 0.4) is 0 Å². The van der Waals surface area contributed by atoms with E-state index >= 15 is 0 Å². The van der Waals surface area contributed by atoms with Crippen LogP contribution in [0.2, 0.25) is 0 Å². The Morgan fingerprint density at radius 2 is 2.06 bits per heavy atom. The Balaban J connectivity index is 2.36. The van der Waals surface area contributed by atoms with Crippen LogP contribution >= 0.6 is 0 Å². The molecule has 0 saturated heterocycles. The second kappa shape index (κ2) is 3.47. The SMILES string of the molecule is O=c1[nH]nc(-c2ccc(C(F)(F)F)cn2)o1. The number of alkyl halides is 3. The third-order valence-corrected chi connectivity index (χ3v) is 1.75. The molecule has 2 rings (SSSR count). The monoisotopic (exact) mass is 231 g/mol. The third-order valence-electron chi connectivity index (χ3n) is 1.75. The maximum atomic E-state index is 12.2. The van der Waals surface area contributed by atoms with Gasteiger partial charge in [-0.25, -0.2) is 9.89 Å². The summed E-state index contributed by atoms with van der Waals surface area (Å²) in [5, 5.41) is 5.41. The first-order valence-corrected chi connectivity index (χ1v) is 4.06. The number of hydrogen-bond acceptors (Lipinski definition) is 4. The number of hydrogen-bond donors (Lipinski definition) is 1. The van der Waals surface area contributed by atoms with Crippen molar-refractivity contribution in [1.82, 2.24) is 15.2 Å². The Labute approximate surface area is 85.9 Å². The summed E-state index contributed by atoms with van der Waals surface area (Å²) < 4.78 is 41.1. The summed E-state index contributed by atoms with van der Waals surface area (Å²) in [6.07, 6.45) is -3.80. The largest absolute Gasteiger partial charge is 0.434 e. The van der Waals surface area contributed by atoms with Crippen molar-refractivity contribution in [2.45, 2.75) is 6.18 Å². The van der Waals surface area contributed by atoms with E-state index in [-0.39, 0.29) is 11.6 Å². The quantitative estimate of drug-likeness (QED) is 0.806. The maximum absolute atomic E-state index is 12.2. The van der Waals surface area contributed by atoms with E-state index in [1.165, 1.54) is 0 Å². The zero-order valence-electron chi connectivity index (χ0n) is 7.58. The number of aromatic amines is 1. The fourth-order valence-corrected chi connectivity index (χ4v) is 1.03. The van der Waals surface area contributed by atoms with Gasteiger partial charge in [0.05, 0.1) is 5.56 Å². The average Bonchev–Trinajstić information content (AvgIpc) is 2.64. The van der Waals surface area contributed by atoms with Gasteiger partial charge in [-0.2, -0.15) is 13.2 Å². The molecule has 0 bridgehead atoms. The molecule has 5 nitrogen and oxygen atoms in total. The lowest BCUT2D eigenvalue weighted by molar-refractivity contribution is -0.137. The Morgan fingerprint density at radius 1 is 1.31 bits per heavy atom. The third kappa shape index (κ3) is 1.95. The fourth-order valence-electron chi connectivity index (χ4n) is 1.03. The summed E-state index contributed by atoms with van der Waals surface area (Å²) in [5.41, 5.74) is -0.833. The Morgan fingerprint density at radius 3 is 2.50 bits per heavy atom. The highest BCUT2D eigenvalue weighted by atomic mass is 19.4. The lowest BCUT2D eigenvalue weighted by Crippen LogP contribution is -2.05. The highest BCUT2D eigenvalue weighted by Gasteiger charge is 2.30. The van der Waals surface area contributed by atoms with Crippen LogP contribution in [-0.2, 0) is 6.18 Å². The molecule has 0 unspecified atom stereocenters. The number of aromatic nitrogens is 3. The van der Waals surface area contributed by atoms with E-state index in [9.17, 15) is 18.0 Å². The van der Waals surface area contributed by atoms with Gasteiger partial charge in [0, 0.05) is 6.20 Å². The molecule has 0 amide bonds. The van der Waals surface area contributed by atoms with E-state index in [1.807, 2.05) is 5.10 Å². The number of halogens is 3. The molecule has 0 saturated carbocycles. The van der Waals surface area contributed by atoms with E-state index in [0.29, 0.717) is 6.20 Å². The van der Waals surface area contributed by atoms with Crippen LogP contribution in [0.5, 0.6) is 0 Å². The van der Waals surface area contributed by atoms with E-state index < -0.39 is 17.5 Å². The molecule has 0 radical (unpaired) electrons. The molecule has 0 aliphatic heterocycles. The number of nitrogens with zero attached hydrogens (tertiary/aromatic N) is 2. The predicted molar refractivity (Wildman–Crippen MR) is 45.4 cm³/mol. The van der Waals surface area contributed by atoms with Crippen molar-refractivity contribution in [3.05, 3.63) is 34.4 Å². The van der Waals surface area contributed by atoms with Gasteiger partial charge in [0.15, 0.2) is 0 Å². The molecule has 0 aromatic carbocycles. The van der Waals surface area contributed by atoms with Crippen molar-refractivity contribution < 1.29 is 17.6 Å². The maximum Gasteiger partial charge on any atom is 0.434 e. The van der Waals surface area contributed by atoms with Crippen LogP contribution in [0, 0.1) is 0 Å². The molecule has 2 aromatic rings. The summed E-state index contributed by atoms with van der Waals surface area (Å²) in [5.74, 6) is -0.949. The first-order valence-electron chi connectivity index (χ1n) is 4.06. The van der Waals surface area contributed by atoms with Gasteiger partial charge in [-0.3, -0.25) is 4.98 Å². The van der Waals surface area contributed by atoms with Crippen molar-refractivity contribution in [3.8, 4) is 11.6 Å². The standard InChI is InChI=1S/C8H4F3N3O2/c9-8(10,11)4-1-2-5(12-3-4)6-13-14-7(15)16-6/h1-3H,(H,14,15). The number of H-pyrrole nitrogens is 1. The van der Waals surface area contributed by atoms with Gasteiger partial charge in [0.1, 0.15) is 5.69 Å². The topological polar surface area (TPSA) is 71.8 Å². The predicted octanol–water partition coefficient (Wildman–Crippen LogP) is 1.44. The first kappa shape index (κ1) is 10.4. The summed E-state index contributed by atoms with van der Waals surface area (Å²) in [6, 6.07) is 1.90. The lowest BCUT2D eigenvalue weighted by Gasteiger charge is -2.04. The van der Waals surface area contributed by atoms with Gasteiger partial charge in [-0.15, -0.1) is 5.10 Å². The number of nitrogens with one attached hydrogen (secondary N) is 1. The van der Waals surface area contributed by atoms with Crippen LogP contribution in [0.15, 0.2) is 27.5 Å². The van der Waals surface area contributed by atoms with E-state index in [4.69, 9.17) is 0 Å². The second-order valence-electron chi connectivity index (χ2n) is 2.85. The zero-order chi connectivity index (χ0) is 11.8. The molecule has 8 heteroatoms. The highest BCUT2D eigenvalue weighted by molar-refractivity contribution is 5.45. The van der Waals surface area contributed by atoms with Gasteiger partial charge in [-0.1, -0.05) is 0 Å².